The van der Waals surface area contributed by atoms with Crippen molar-refractivity contribution in [2.24, 2.45) is 0 Å². The van der Waals surface area contributed by atoms with Crippen molar-refractivity contribution < 1.29 is 13.2 Å². The van der Waals surface area contributed by atoms with Gasteiger partial charge in [0.1, 0.15) is 0 Å². The van der Waals surface area contributed by atoms with Crippen LogP contribution >= 0.6 is 11.3 Å². The maximum atomic E-state index is 12.2. The monoisotopic (exact) mass is 372 g/mol. The second-order valence-electron chi connectivity index (χ2n) is 6.80. The third kappa shape index (κ3) is 3.79. The Kier molecular flexibility index (Phi) is 4.96. The molecule has 0 N–H and O–H groups in total. The molecule has 0 aliphatic carbocycles. The summed E-state index contributed by atoms with van der Waals surface area (Å²) in [5.41, 5.74) is 0.998. The Labute approximate surface area is 147 Å². The van der Waals surface area contributed by atoms with Crippen LogP contribution in [-0.2, 0) is 21.2 Å². The Bertz CT molecular complexity index is 716. The lowest BCUT2D eigenvalue weighted by atomic mass is 10.0. The Hall–Kier alpha value is -1.03. The average molecular weight is 373 g/mol. The fourth-order valence-electron chi connectivity index (χ4n) is 3.49. The van der Waals surface area contributed by atoms with Gasteiger partial charge in [-0.25, -0.2) is 13.4 Å². The number of fused-ring (bicyclic) bond motifs is 1. The molecule has 2 atom stereocenters. The van der Waals surface area contributed by atoms with E-state index in [2.05, 4.69) is 9.88 Å². The predicted octanol–water partition coefficient (Wildman–Crippen LogP) is -0.177. The Morgan fingerprint density at radius 1 is 1.29 bits per heavy atom. The number of aryl methyl sites for hydroxylation is 1. The maximum absolute atomic E-state index is 12.2. The van der Waals surface area contributed by atoms with E-state index in [1.54, 1.807) is 30.3 Å². The highest BCUT2D eigenvalue weighted by atomic mass is 32.2. The van der Waals surface area contributed by atoms with E-state index in [1.807, 2.05) is 17.2 Å². The second kappa shape index (κ2) is 6.70. The molecular formula is C15H24N4O3S2. The SMILES string of the molecule is Cc1nc(CN2CCN(CC(=O)N(C)C)[C@H]3CS(=O)(=O)C[C@H]32)cs1. The number of rotatable bonds is 4. The standard InChI is InChI=1S/C15H24N4O3S2/c1-11-16-12(8-23-11)6-18-4-5-19(7-15(20)17(2)3)14-10-24(21,22)9-13(14)18/h8,13-14H,4-7,9-10H2,1-3H3/t13-,14+/m1/s1. The minimum Gasteiger partial charge on any atom is -0.348 e. The van der Waals surface area contributed by atoms with E-state index in [0.717, 1.165) is 17.2 Å². The van der Waals surface area contributed by atoms with E-state index in [0.29, 0.717) is 13.1 Å². The van der Waals surface area contributed by atoms with Crippen molar-refractivity contribution in [3.63, 3.8) is 0 Å². The fraction of sp³-hybridized carbons (Fsp3) is 0.733. The van der Waals surface area contributed by atoms with Crippen LogP contribution in [0.3, 0.4) is 0 Å². The lowest BCUT2D eigenvalue weighted by Crippen LogP contribution is -2.60. The molecule has 1 amide bonds. The van der Waals surface area contributed by atoms with Crippen molar-refractivity contribution in [3.8, 4) is 0 Å². The first-order chi connectivity index (χ1) is 11.2. The molecule has 1 aromatic heterocycles. The molecular weight excluding hydrogens is 348 g/mol. The first-order valence-corrected chi connectivity index (χ1v) is 10.7. The average Bonchev–Trinajstić information content (AvgIpc) is 3.03. The summed E-state index contributed by atoms with van der Waals surface area (Å²) in [5.74, 6) is 0.333. The normalized spacial score (nSPS) is 27.1. The van der Waals surface area contributed by atoms with Crippen LogP contribution in [-0.4, -0.2) is 91.3 Å². The van der Waals surface area contributed by atoms with E-state index in [1.165, 1.54) is 0 Å². The highest BCUT2D eigenvalue weighted by molar-refractivity contribution is 7.91. The first-order valence-electron chi connectivity index (χ1n) is 8.05. The van der Waals surface area contributed by atoms with Gasteiger partial charge in [-0.15, -0.1) is 11.3 Å². The van der Waals surface area contributed by atoms with Gasteiger partial charge in [-0.2, -0.15) is 0 Å². The molecule has 3 heterocycles. The van der Waals surface area contributed by atoms with E-state index in [4.69, 9.17) is 0 Å². The number of aromatic nitrogens is 1. The van der Waals surface area contributed by atoms with E-state index in [-0.39, 0.29) is 36.0 Å². The number of thiazole rings is 1. The van der Waals surface area contributed by atoms with Crippen LogP contribution in [0.25, 0.3) is 0 Å². The number of carbonyl (C=O) groups is 1. The summed E-state index contributed by atoms with van der Waals surface area (Å²) in [4.78, 5) is 22.4. The maximum Gasteiger partial charge on any atom is 0.236 e. The Morgan fingerprint density at radius 3 is 2.50 bits per heavy atom. The van der Waals surface area contributed by atoms with Gasteiger partial charge in [0.2, 0.25) is 5.91 Å². The largest absolute Gasteiger partial charge is 0.348 e. The van der Waals surface area contributed by atoms with Gasteiger partial charge in [-0.3, -0.25) is 14.6 Å². The van der Waals surface area contributed by atoms with Crippen molar-refractivity contribution in [1.82, 2.24) is 19.7 Å². The number of hydrogen-bond donors (Lipinski definition) is 0. The molecule has 2 fully saturated rings. The number of carbonyl (C=O) groups excluding carboxylic acids is 1. The van der Waals surface area contributed by atoms with Crippen molar-refractivity contribution in [2.45, 2.75) is 25.6 Å². The van der Waals surface area contributed by atoms with Crippen LogP contribution in [0.2, 0.25) is 0 Å². The van der Waals surface area contributed by atoms with Crippen LogP contribution in [0, 0.1) is 6.92 Å². The molecule has 0 radical (unpaired) electrons. The minimum atomic E-state index is -3.06. The topological polar surface area (TPSA) is 73.8 Å². The molecule has 2 aliphatic rings. The molecule has 7 nitrogen and oxygen atoms in total. The summed E-state index contributed by atoms with van der Waals surface area (Å²) in [6, 6.07) is -0.159. The minimum absolute atomic E-state index is 0.0154. The van der Waals surface area contributed by atoms with Gasteiger partial charge in [-0.05, 0) is 6.92 Å². The van der Waals surface area contributed by atoms with Crippen LogP contribution < -0.4 is 0 Å². The highest BCUT2D eigenvalue weighted by Crippen LogP contribution is 2.28. The van der Waals surface area contributed by atoms with Gasteiger partial charge in [0, 0.05) is 51.2 Å². The summed E-state index contributed by atoms with van der Waals surface area (Å²) < 4.78 is 24.4. The van der Waals surface area contributed by atoms with Crippen molar-refractivity contribution in [1.29, 1.82) is 0 Å². The molecule has 0 unspecified atom stereocenters. The van der Waals surface area contributed by atoms with Crippen LogP contribution in [0.5, 0.6) is 0 Å². The quantitative estimate of drug-likeness (QED) is 0.730. The predicted molar refractivity (Wildman–Crippen MR) is 93.8 cm³/mol. The Balaban J connectivity index is 1.76. The lowest BCUT2D eigenvalue weighted by molar-refractivity contribution is -0.131. The molecule has 0 saturated carbocycles. The number of nitrogens with zero attached hydrogens (tertiary/aromatic N) is 4. The number of likely N-dealkylation sites (N-methyl/N-ethyl adjacent to an activating group) is 1. The molecule has 2 aliphatic heterocycles. The Morgan fingerprint density at radius 2 is 1.92 bits per heavy atom. The van der Waals surface area contributed by atoms with E-state index >= 15 is 0 Å². The lowest BCUT2D eigenvalue weighted by Gasteiger charge is -2.43. The molecule has 0 spiro atoms. The molecule has 0 bridgehead atoms. The smallest absolute Gasteiger partial charge is 0.236 e. The number of piperazine rings is 1. The van der Waals surface area contributed by atoms with Gasteiger partial charge in [0.15, 0.2) is 9.84 Å². The van der Waals surface area contributed by atoms with Gasteiger partial charge in [0.25, 0.3) is 0 Å². The van der Waals surface area contributed by atoms with Crippen LogP contribution in [0.4, 0.5) is 0 Å². The molecule has 2 saturated heterocycles. The van der Waals surface area contributed by atoms with Crippen molar-refractivity contribution in [3.05, 3.63) is 16.1 Å². The number of hydrogen-bond acceptors (Lipinski definition) is 7. The van der Waals surface area contributed by atoms with Gasteiger partial charge < -0.3 is 4.90 Å². The van der Waals surface area contributed by atoms with Crippen LogP contribution in [0.1, 0.15) is 10.7 Å². The molecule has 3 rings (SSSR count). The summed E-state index contributed by atoms with van der Waals surface area (Å²) in [7, 11) is 0.393. The van der Waals surface area contributed by atoms with Crippen molar-refractivity contribution >= 4 is 27.1 Å². The fourth-order valence-corrected chi connectivity index (χ4v) is 6.14. The summed E-state index contributed by atoms with van der Waals surface area (Å²) in [5, 5.41) is 3.06. The second-order valence-corrected chi connectivity index (χ2v) is 10.0. The van der Waals surface area contributed by atoms with Gasteiger partial charge in [-0.1, -0.05) is 0 Å². The third-order valence-corrected chi connectivity index (χ3v) is 7.30. The van der Waals surface area contributed by atoms with Gasteiger partial charge in [0.05, 0.1) is 28.8 Å². The van der Waals surface area contributed by atoms with Crippen molar-refractivity contribution in [2.75, 3.05) is 45.2 Å². The summed E-state index contributed by atoms with van der Waals surface area (Å²) in [6.07, 6.45) is 0. The summed E-state index contributed by atoms with van der Waals surface area (Å²) in [6.45, 7) is 4.40. The van der Waals surface area contributed by atoms with Gasteiger partial charge >= 0.3 is 0 Å². The molecule has 134 valence electrons. The zero-order valence-electron chi connectivity index (χ0n) is 14.3. The van der Waals surface area contributed by atoms with E-state index < -0.39 is 9.84 Å². The zero-order valence-corrected chi connectivity index (χ0v) is 15.9. The summed E-state index contributed by atoms with van der Waals surface area (Å²) >= 11 is 1.61. The van der Waals surface area contributed by atoms with Crippen LogP contribution in [0.15, 0.2) is 5.38 Å². The third-order valence-electron chi connectivity index (χ3n) is 4.77. The zero-order chi connectivity index (χ0) is 17.5. The molecule has 24 heavy (non-hydrogen) atoms. The van der Waals surface area contributed by atoms with E-state index in [9.17, 15) is 13.2 Å². The molecule has 1 aromatic rings. The first kappa shape index (κ1) is 17.8. The molecule has 0 aromatic carbocycles. The molecule has 9 heteroatoms. The number of amides is 1. The highest BCUT2D eigenvalue weighted by Gasteiger charge is 2.46. The number of sulfone groups is 1.